The van der Waals surface area contributed by atoms with Crippen LogP contribution in [0.2, 0.25) is 0 Å². The van der Waals surface area contributed by atoms with E-state index in [-0.39, 0.29) is 5.91 Å². The van der Waals surface area contributed by atoms with Crippen molar-refractivity contribution in [3.63, 3.8) is 0 Å². The first-order valence-electron chi connectivity index (χ1n) is 2.78. The maximum absolute atomic E-state index is 10.3. The molecule has 0 saturated heterocycles. The van der Waals surface area contributed by atoms with Crippen molar-refractivity contribution in [2.24, 2.45) is 0 Å². The summed E-state index contributed by atoms with van der Waals surface area (Å²) in [6.07, 6.45) is 1.72. The Labute approximate surface area is 55.1 Å². The van der Waals surface area contributed by atoms with Crippen molar-refractivity contribution >= 4 is 5.91 Å². The summed E-state index contributed by atoms with van der Waals surface area (Å²) in [5.41, 5.74) is 0.824. The van der Waals surface area contributed by atoms with Gasteiger partial charge in [0.1, 0.15) is 0 Å². The minimum Gasteiger partial charge on any atom is -0.393 e. The second-order valence-corrected chi connectivity index (χ2v) is 1.80. The topological polar surface area (TPSA) is 41.1 Å². The molecule has 0 atom stereocenters. The van der Waals surface area contributed by atoms with Gasteiger partial charge in [0, 0.05) is 25.9 Å². The van der Waals surface area contributed by atoms with Crippen molar-refractivity contribution in [1.82, 2.24) is 10.6 Å². The van der Waals surface area contributed by atoms with Gasteiger partial charge in [0.05, 0.1) is 0 Å². The molecule has 0 fully saturated rings. The van der Waals surface area contributed by atoms with Gasteiger partial charge in [-0.15, -0.1) is 0 Å². The summed E-state index contributed by atoms with van der Waals surface area (Å²) in [6.45, 7) is 3.30. The lowest BCUT2D eigenvalue weighted by molar-refractivity contribution is -0.118. The minimum atomic E-state index is -0.0426. The molecule has 0 unspecified atom stereocenters. The Bertz CT molecular complexity index is 129. The Hall–Kier alpha value is -0.990. The van der Waals surface area contributed by atoms with Crippen LogP contribution < -0.4 is 10.6 Å². The van der Waals surface area contributed by atoms with Crippen molar-refractivity contribution in [3.05, 3.63) is 11.9 Å². The third kappa shape index (κ3) is 4.87. The molecule has 3 heteroatoms. The van der Waals surface area contributed by atoms with Crippen molar-refractivity contribution in [3.8, 4) is 0 Å². The highest BCUT2D eigenvalue weighted by atomic mass is 16.1. The number of allylic oxidation sites excluding steroid dienone is 1. The molecule has 52 valence electrons. The first-order valence-corrected chi connectivity index (χ1v) is 2.78. The molecule has 3 nitrogen and oxygen atoms in total. The molecule has 0 saturated carbocycles. The van der Waals surface area contributed by atoms with Crippen LogP contribution in [-0.2, 0) is 4.79 Å². The maximum atomic E-state index is 10.3. The quantitative estimate of drug-likeness (QED) is 0.558. The van der Waals surface area contributed by atoms with E-state index in [0.29, 0.717) is 0 Å². The van der Waals surface area contributed by atoms with Crippen LogP contribution in [0, 0.1) is 0 Å². The fourth-order valence-electron chi connectivity index (χ4n) is 0.530. The molecule has 1 amide bonds. The third-order valence-corrected chi connectivity index (χ3v) is 0.734. The van der Waals surface area contributed by atoms with E-state index in [1.165, 1.54) is 6.92 Å². The summed E-state index contributed by atoms with van der Waals surface area (Å²) < 4.78 is 0. The van der Waals surface area contributed by atoms with E-state index in [0.717, 1.165) is 5.70 Å². The molecule has 0 aromatic carbocycles. The molecule has 0 aliphatic rings. The first kappa shape index (κ1) is 8.01. The summed E-state index contributed by atoms with van der Waals surface area (Å²) in [5.74, 6) is -0.0426. The van der Waals surface area contributed by atoms with Crippen LogP contribution in [0.1, 0.15) is 13.8 Å². The number of carbonyl (C=O) groups excluding carboxylic acids is 1. The van der Waals surface area contributed by atoms with Crippen LogP contribution in [-0.4, -0.2) is 13.0 Å². The van der Waals surface area contributed by atoms with Crippen molar-refractivity contribution in [2.75, 3.05) is 7.05 Å². The molecule has 2 N–H and O–H groups in total. The van der Waals surface area contributed by atoms with Crippen LogP contribution in [0.5, 0.6) is 0 Å². The third-order valence-electron chi connectivity index (χ3n) is 0.734. The molecule has 0 radical (unpaired) electrons. The van der Waals surface area contributed by atoms with Crippen LogP contribution in [0.4, 0.5) is 0 Å². The smallest absolute Gasteiger partial charge is 0.221 e. The van der Waals surface area contributed by atoms with E-state index >= 15 is 0 Å². The second kappa shape index (κ2) is 3.95. The first-order chi connectivity index (χ1) is 4.16. The van der Waals surface area contributed by atoms with Gasteiger partial charge in [0.25, 0.3) is 0 Å². The summed E-state index contributed by atoms with van der Waals surface area (Å²) in [4.78, 5) is 10.3. The Morgan fingerprint density at radius 1 is 1.44 bits per heavy atom. The van der Waals surface area contributed by atoms with Gasteiger partial charge in [0.2, 0.25) is 5.91 Å². The van der Waals surface area contributed by atoms with Crippen molar-refractivity contribution < 1.29 is 4.79 Å². The van der Waals surface area contributed by atoms with E-state index in [9.17, 15) is 4.79 Å². The summed E-state index contributed by atoms with van der Waals surface area (Å²) >= 11 is 0. The van der Waals surface area contributed by atoms with Gasteiger partial charge >= 0.3 is 0 Å². The average molecular weight is 128 g/mol. The average Bonchev–Trinajstić information content (AvgIpc) is 1.63. The zero-order valence-corrected chi connectivity index (χ0v) is 5.99. The molecule has 0 spiro atoms. The van der Waals surface area contributed by atoms with Gasteiger partial charge < -0.3 is 10.6 Å². The number of carbonyl (C=O) groups is 1. The Morgan fingerprint density at radius 2 is 2.00 bits per heavy atom. The molecule has 0 aliphatic carbocycles. The molecule has 0 aromatic rings. The van der Waals surface area contributed by atoms with Gasteiger partial charge in [-0.3, -0.25) is 4.79 Å². The molecular formula is C6H12N2O. The van der Waals surface area contributed by atoms with Gasteiger partial charge in [-0.1, -0.05) is 0 Å². The fourth-order valence-corrected chi connectivity index (χ4v) is 0.530. The summed E-state index contributed by atoms with van der Waals surface area (Å²) in [6, 6.07) is 0. The number of hydrogen-bond acceptors (Lipinski definition) is 2. The van der Waals surface area contributed by atoms with Gasteiger partial charge in [-0.25, -0.2) is 0 Å². The Balaban J connectivity index is 3.62. The number of nitrogens with one attached hydrogen (secondary N) is 2. The maximum Gasteiger partial charge on any atom is 0.221 e. The minimum absolute atomic E-state index is 0.0426. The molecule has 0 bridgehead atoms. The van der Waals surface area contributed by atoms with Crippen LogP contribution in [0.25, 0.3) is 0 Å². The predicted octanol–water partition coefficient (Wildman–Crippen LogP) is 0.203. The molecule has 0 heterocycles. The number of rotatable bonds is 2. The monoisotopic (exact) mass is 128 g/mol. The van der Waals surface area contributed by atoms with E-state index in [2.05, 4.69) is 10.6 Å². The SMILES string of the molecule is CN/C=C(\C)NC(C)=O. The Morgan fingerprint density at radius 3 is 2.33 bits per heavy atom. The van der Waals surface area contributed by atoms with E-state index in [1.807, 2.05) is 6.92 Å². The highest BCUT2D eigenvalue weighted by Gasteiger charge is 1.88. The molecule has 9 heavy (non-hydrogen) atoms. The number of hydrogen-bond donors (Lipinski definition) is 2. The molecule has 0 aliphatic heterocycles. The zero-order valence-electron chi connectivity index (χ0n) is 5.99. The largest absolute Gasteiger partial charge is 0.393 e. The zero-order chi connectivity index (χ0) is 7.28. The predicted molar refractivity (Wildman–Crippen MR) is 36.6 cm³/mol. The summed E-state index contributed by atoms with van der Waals surface area (Å²) in [5, 5.41) is 5.40. The second-order valence-electron chi connectivity index (χ2n) is 1.80. The lowest BCUT2D eigenvalue weighted by Crippen LogP contribution is -2.18. The van der Waals surface area contributed by atoms with Gasteiger partial charge in [-0.05, 0) is 6.92 Å². The normalized spacial score (nSPS) is 10.8. The van der Waals surface area contributed by atoms with Gasteiger partial charge in [0.15, 0.2) is 0 Å². The van der Waals surface area contributed by atoms with E-state index < -0.39 is 0 Å². The molecule has 0 aromatic heterocycles. The van der Waals surface area contributed by atoms with Crippen molar-refractivity contribution in [1.29, 1.82) is 0 Å². The Kier molecular flexibility index (Phi) is 3.51. The molecular weight excluding hydrogens is 116 g/mol. The van der Waals surface area contributed by atoms with E-state index in [4.69, 9.17) is 0 Å². The van der Waals surface area contributed by atoms with Crippen molar-refractivity contribution in [2.45, 2.75) is 13.8 Å². The lowest BCUT2D eigenvalue weighted by atomic mass is 10.5. The highest BCUT2D eigenvalue weighted by molar-refractivity contribution is 5.74. The highest BCUT2D eigenvalue weighted by Crippen LogP contribution is 1.80. The van der Waals surface area contributed by atoms with Crippen LogP contribution in [0.15, 0.2) is 11.9 Å². The molecule has 0 rings (SSSR count). The number of amides is 1. The lowest BCUT2D eigenvalue weighted by Gasteiger charge is -1.99. The summed E-state index contributed by atoms with van der Waals surface area (Å²) in [7, 11) is 1.78. The van der Waals surface area contributed by atoms with E-state index in [1.54, 1.807) is 13.2 Å². The standard InChI is InChI=1S/C6H12N2O/c1-5(4-7-3)8-6(2)9/h4,7H,1-3H3,(H,8,9)/b5-4+. The van der Waals surface area contributed by atoms with Crippen LogP contribution in [0.3, 0.4) is 0 Å². The van der Waals surface area contributed by atoms with Crippen LogP contribution >= 0.6 is 0 Å². The fraction of sp³-hybridized carbons (Fsp3) is 0.500. The van der Waals surface area contributed by atoms with Gasteiger partial charge in [-0.2, -0.15) is 0 Å².